The third kappa shape index (κ3) is 4.23. The highest BCUT2D eigenvalue weighted by atomic mass is 16.2. The van der Waals surface area contributed by atoms with Gasteiger partial charge in [-0.2, -0.15) is 0 Å². The lowest BCUT2D eigenvalue weighted by Gasteiger charge is -2.18. The van der Waals surface area contributed by atoms with Crippen LogP contribution in [0.3, 0.4) is 0 Å². The number of rotatable bonds is 6. The minimum Gasteiger partial charge on any atom is -0.360 e. The van der Waals surface area contributed by atoms with Gasteiger partial charge in [0, 0.05) is 42.8 Å². The summed E-state index contributed by atoms with van der Waals surface area (Å²) in [6.45, 7) is 0.610. The van der Waals surface area contributed by atoms with Crippen molar-refractivity contribution in [2.45, 2.75) is 31.3 Å². The summed E-state index contributed by atoms with van der Waals surface area (Å²) >= 11 is 0. The number of aromatic nitrogens is 1. The van der Waals surface area contributed by atoms with Crippen molar-refractivity contribution in [2.24, 2.45) is 0 Å². The van der Waals surface area contributed by atoms with Gasteiger partial charge >= 0.3 is 0 Å². The first-order valence-electron chi connectivity index (χ1n) is 10.1. The fourth-order valence-corrected chi connectivity index (χ4v) is 3.92. The summed E-state index contributed by atoms with van der Waals surface area (Å²) < 4.78 is 0. The van der Waals surface area contributed by atoms with E-state index in [4.69, 9.17) is 0 Å². The van der Waals surface area contributed by atoms with Crippen molar-refractivity contribution in [2.75, 3.05) is 13.6 Å². The predicted molar refractivity (Wildman–Crippen MR) is 115 cm³/mol. The second kappa shape index (κ2) is 8.59. The number of nitrogens with one attached hydrogen (secondary N) is 3. The molecule has 1 aromatic heterocycles. The predicted octanol–water partition coefficient (Wildman–Crippen LogP) is 2.99. The Kier molecular flexibility index (Phi) is 5.74. The average Bonchev–Trinajstić information content (AvgIpc) is 3.23. The van der Waals surface area contributed by atoms with Crippen molar-refractivity contribution in [1.29, 1.82) is 0 Å². The zero-order valence-corrected chi connectivity index (χ0v) is 16.5. The Morgan fingerprint density at radius 2 is 1.83 bits per heavy atom. The van der Waals surface area contributed by atoms with E-state index in [2.05, 4.69) is 40.1 Å². The molecule has 6 nitrogen and oxygen atoms in total. The molecule has 3 aromatic rings. The maximum Gasteiger partial charge on any atom is 0.259 e. The Morgan fingerprint density at radius 3 is 2.66 bits per heavy atom. The summed E-state index contributed by atoms with van der Waals surface area (Å²) in [7, 11) is 1.75. The molecule has 0 aliphatic carbocycles. The second-order valence-electron chi connectivity index (χ2n) is 7.63. The van der Waals surface area contributed by atoms with E-state index in [1.165, 1.54) is 11.8 Å². The highest BCUT2D eigenvalue weighted by Crippen LogP contribution is 2.23. The molecular formula is C23H26N4O2. The summed E-state index contributed by atoms with van der Waals surface area (Å²) in [6, 6.07) is 18.3. The molecule has 1 aliphatic rings. The Morgan fingerprint density at radius 1 is 1.07 bits per heavy atom. The van der Waals surface area contributed by atoms with E-state index in [0.29, 0.717) is 24.0 Å². The lowest BCUT2D eigenvalue weighted by atomic mass is 10.00. The van der Waals surface area contributed by atoms with Crippen LogP contribution in [0.25, 0.3) is 10.9 Å². The van der Waals surface area contributed by atoms with Crippen LogP contribution in [0.4, 0.5) is 0 Å². The standard InChI is InChI=1S/C23H26N4O2/c1-27(23(29)19-15-24-20-12-6-5-11-18(20)22(19)28)13-7-10-17-14-21(26-25-17)16-8-3-2-4-9-16/h2-6,8-9,11-12,15,17,21,25-26H,7,10,13-14H2,1H3,(H,24,28). The minimum atomic E-state index is -0.239. The topological polar surface area (TPSA) is 77.2 Å². The Hall–Kier alpha value is -2.96. The van der Waals surface area contributed by atoms with Crippen LogP contribution >= 0.6 is 0 Å². The van der Waals surface area contributed by atoms with Crippen LogP contribution in [0, 0.1) is 0 Å². The van der Waals surface area contributed by atoms with Gasteiger partial charge in [0.2, 0.25) is 5.43 Å². The maximum absolute atomic E-state index is 12.8. The number of hydrogen-bond donors (Lipinski definition) is 3. The molecular weight excluding hydrogens is 364 g/mol. The fourth-order valence-electron chi connectivity index (χ4n) is 3.92. The first-order chi connectivity index (χ1) is 14.1. The van der Waals surface area contributed by atoms with Crippen molar-refractivity contribution in [3.05, 3.63) is 82.1 Å². The second-order valence-corrected chi connectivity index (χ2v) is 7.63. The number of aromatic amines is 1. The molecule has 29 heavy (non-hydrogen) atoms. The number of amides is 1. The smallest absolute Gasteiger partial charge is 0.259 e. The number of hydrazine groups is 1. The Balaban J connectivity index is 1.31. The summed E-state index contributed by atoms with van der Waals surface area (Å²) in [5.41, 5.74) is 8.71. The van der Waals surface area contributed by atoms with Crippen LogP contribution < -0.4 is 16.3 Å². The third-order valence-electron chi connectivity index (χ3n) is 5.60. The monoisotopic (exact) mass is 390 g/mol. The highest BCUT2D eigenvalue weighted by molar-refractivity contribution is 5.96. The molecule has 0 bridgehead atoms. The zero-order valence-electron chi connectivity index (χ0n) is 16.5. The molecule has 1 amide bonds. The summed E-state index contributed by atoms with van der Waals surface area (Å²) in [6.07, 6.45) is 4.37. The quantitative estimate of drug-likeness (QED) is 0.605. The van der Waals surface area contributed by atoms with Crippen LogP contribution in [0.15, 0.2) is 65.6 Å². The van der Waals surface area contributed by atoms with Gasteiger partial charge in [-0.3, -0.25) is 20.4 Å². The molecule has 2 aromatic carbocycles. The van der Waals surface area contributed by atoms with E-state index >= 15 is 0 Å². The SMILES string of the molecule is CN(CCCC1CC(c2ccccc2)NN1)C(=O)c1c[nH]c2ccccc2c1=O. The Bertz CT molecular complexity index is 1050. The number of pyridine rings is 1. The normalized spacial score (nSPS) is 18.8. The van der Waals surface area contributed by atoms with Crippen LogP contribution in [-0.4, -0.2) is 35.4 Å². The van der Waals surface area contributed by atoms with Crippen molar-refractivity contribution in [3.63, 3.8) is 0 Å². The molecule has 6 heteroatoms. The van der Waals surface area contributed by atoms with E-state index in [1.54, 1.807) is 24.1 Å². The van der Waals surface area contributed by atoms with Crippen LogP contribution in [0.2, 0.25) is 0 Å². The molecule has 150 valence electrons. The lowest BCUT2D eigenvalue weighted by Crippen LogP contribution is -2.34. The van der Waals surface area contributed by atoms with E-state index in [9.17, 15) is 9.59 Å². The number of carbonyl (C=O) groups is 1. The van der Waals surface area contributed by atoms with Gasteiger partial charge in [-0.15, -0.1) is 0 Å². The highest BCUT2D eigenvalue weighted by Gasteiger charge is 2.24. The van der Waals surface area contributed by atoms with Crippen molar-refractivity contribution >= 4 is 16.8 Å². The van der Waals surface area contributed by atoms with Crippen LogP contribution in [0.5, 0.6) is 0 Å². The Labute approximate surface area is 169 Å². The van der Waals surface area contributed by atoms with E-state index in [1.807, 2.05) is 18.2 Å². The number of hydrogen-bond acceptors (Lipinski definition) is 4. The maximum atomic E-state index is 12.8. The van der Waals surface area contributed by atoms with Gasteiger partial charge in [-0.1, -0.05) is 42.5 Å². The van der Waals surface area contributed by atoms with Gasteiger partial charge in [0.25, 0.3) is 5.91 Å². The molecule has 0 spiro atoms. The fraction of sp³-hybridized carbons (Fsp3) is 0.304. The number of para-hydroxylation sites is 1. The lowest BCUT2D eigenvalue weighted by molar-refractivity contribution is 0.0790. The molecule has 2 unspecified atom stereocenters. The van der Waals surface area contributed by atoms with Gasteiger partial charge in [0.05, 0.1) is 0 Å². The van der Waals surface area contributed by atoms with E-state index in [0.717, 1.165) is 24.8 Å². The number of fused-ring (bicyclic) bond motifs is 1. The molecule has 3 N–H and O–H groups in total. The van der Waals surface area contributed by atoms with Crippen LogP contribution in [-0.2, 0) is 0 Å². The molecule has 1 saturated heterocycles. The molecule has 1 aliphatic heterocycles. The van der Waals surface area contributed by atoms with Crippen LogP contribution in [0.1, 0.15) is 41.2 Å². The summed E-state index contributed by atoms with van der Waals surface area (Å²) in [5.74, 6) is -0.239. The minimum absolute atomic E-state index is 0.191. The van der Waals surface area contributed by atoms with Gasteiger partial charge in [0.1, 0.15) is 5.56 Å². The molecule has 0 saturated carbocycles. The summed E-state index contributed by atoms with van der Waals surface area (Å²) in [4.78, 5) is 30.1. The van der Waals surface area contributed by atoms with Gasteiger partial charge in [-0.05, 0) is 37.0 Å². The number of benzene rings is 2. The first kappa shape index (κ1) is 19.4. The largest absolute Gasteiger partial charge is 0.360 e. The molecule has 0 radical (unpaired) electrons. The van der Waals surface area contributed by atoms with E-state index < -0.39 is 0 Å². The van der Waals surface area contributed by atoms with Gasteiger partial charge in [-0.25, -0.2) is 0 Å². The number of H-pyrrole nitrogens is 1. The average molecular weight is 390 g/mol. The zero-order chi connectivity index (χ0) is 20.2. The van der Waals surface area contributed by atoms with Crippen molar-refractivity contribution < 1.29 is 4.79 Å². The van der Waals surface area contributed by atoms with E-state index in [-0.39, 0.29) is 16.9 Å². The molecule has 2 heterocycles. The van der Waals surface area contributed by atoms with Gasteiger partial charge in [0.15, 0.2) is 0 Å². The molecule has 2 atom stereocenters. The third-order valence-corrected chi connectivity index (χ3v) is 5.60. The first-order valence-corrected chi connectivity index (χ1v) is 10.1. The van der Waals surface area contributed by atoms with Crippen molar-refractivity contribution in [3.8, 4) is 0 Å². The number of carbonyl (C=O) groups excluding carboxylic acids is 1. The molecule has 4 rings (SSSR count). The van der Waals surface area contributed by atoms with Gasteiger partial charge < -0.3 is 9.88 Å². The van der Waals surface area contributed by atoms with Crippen molar-refractivity contribution in [1.82, 2.24) is 20.7 Å². The number of nitrogens with zero attached hydrogens (tertiary/aromatic N) is 1. The molecule has 1 fully saturated rings. The summed E-state index contributed by atoms with van der Waals surface area (Å²) in [5, 5.41) is 0.542.